The molecule has 1 aromatic heterocycles. The Morgan fingerprint density at radius 1 is 1.19 bits per heavy atom. The third-order valence-corrected chi connectivity index (χ3v) is 6.55. The van der Waals surface area contributed by atoms with Crippen molar-refractivity contribution < 1.29 is 17.9 Å². The molecule has 1 N–H and O–H groups in total. The summed E-state index contributed by atoms with van der Waals surface area (Å²) in [4.78, 5) is 20.3. The topological polar surface area (TPSA) is 91.8 Å². The fourth-order valence-corrected chi connectivity index (χ4v) is 4.55. The number of benzene rings is 1. The molecule has 1 amide bonds. The zero-order valence-electron chi connectivity index (χ0n) is 18.7. The van der Waals surface area contributed by atoms with Gasteiger partial charge in [-0.15, -0.1) is 0 Å². The highest BCUT2D eigenvalue weighted by atomic mass is 35.5. The van der Waals surface area contributed by atoms with Crippen LogP contribution in [0.25, 0.3) is 0 Å². The second-order valence-corrected chi connectivity index (χ2v) is 10.9. The van der Waals surface area contributed by atoms with Gasteiger partial charge in [0.05, 0.1) is 0 Å². The van der Waals surface area contributed by atoms with Crippen LogP contribution in [-0.4, -0.2) is 60.6 Å². The zero-order valence-corrected chi connectivity index (χ0v) is 20.3. The first-order chi connectivity index (χ1) is 14.9. The van der Waals surface area contributed by atoms with Gasteiger partial charge in [-0.2, -0.15) is 0 Å². The van der Waals surface area contributed by atoms with Crippen LogP contribution < -0.4 is 4.72 Å². The van der Waals surface area contributed by atoms with Crippen molar-refractivity contribution in [1.29, 1.82) is 0 Å². The van der Waals surface area contributed by atoms with Crippen LogP contribution in [0.5, 0.6) is 0 Å². The minimum Gasteiger partial charge on any atom is -0.444 e. The molecule has 8 nitrogen and oxygen atoms in total. The molecule has 1 atom stereocenters. The molecule has 0 unspecified atom stereocenters. The van der Waals surface area contributed by atoms with Crippen molar-refractivity contribution in [2.24, 2.45) is 0 Å². The van der Waals surface area contributed by atoms with Crippen molar-refractivity contribution in [3.63, 3.8) is 0 Å². The van der Waals surface area contributed by atoms with Gasteiger partial charge in [-0.1, -0.05) is 23.7 Å². The highest BCUT2D eigenvalue weighted by Gasteiger charge is 2.30. The molecule has 0 saturated carbocycles. The van der Waals surface area contributed by atoms with E-state index in [-0.39, 0.29) is 22.2 Å². The highest BCUT2D eigenvalue weighted by Crippen LogP contribution is 2.20. The Hall–Kier alpha value is -2.36. The fraction of sp³-hybridized carbons (Fsp3) is 0.455. The highest BCUT2D eigenvalue weighted by molar-refractivity contribution is 7.92. The average Bonchev–Trinajstić information content (AvgIpc) is 2.68. The van der Waals surface area contributed by atoms with Gasteiger partial charge in [-0.25, -0.2) is 18.2 Å². The van der Waals surface area contributed by atoms with E-state index in [0.717, 1.165) is 18.7 Å². The van der Waals surface area contributed by atoms with E-state index in [9.17, 15) is 13.2 Å². The van der Waals surface area contributed by atoms with Crippen LogP contribution in [0.4, 0.5) is 10.5 Å². The van der Waals surface area contributed by atoms with Gasteiger partial charge in [0.15, 0.2) is 0 Å². The molecule has 2 heterocycles. The summed E-state index contributed by atoms with van der Waals surface area (Å²) in [5.74, 6) is 0. The van der Waals surface area contributed by atoms with Gasteiger partial charge in [-0.05, 0) is 57.5 Å². The lowest BCUT2D eigenvalue weighted by molar-refractivity contribution is 0.000559. The summed E-state index contributed by atoms with van der Waals surface area (Å²) in [7, 11) is -3.74. The smallest absolute Gasteiger partial charge is 0.410 e. The Labute approximate surface area is 194 Å². The number of nitrogens with one attached hydrogen (secondary N) is 1. The first-order valence-corrected chi connectivity index (χ1v) is 12.2. The number of aromatic nitrogens is 1. The maximum absolute atomic E-state index is 12.5. The Morgan fingerprint density at radius 2 is 1.88 bits per heavy atom. The van der Waals surface area contributed by atoms with Crippen molar-refractivity contribution in [3.05, 3.63) is 53.3 Å². The molecular weight excluding hydrogens is 452 g/mol. The van der Waals surface area contributed by atoms with E-state index >= 15 is 0 Å². The molecule has 174 valence electrons. The summed E-state index contributed by atoms with van der Waals surface area (Å²) in [6.07, 6.45) is 0.939. The van der Waals surface area contributed by atoms with E-state index in [4.69, 9.17) is 16.3 Å². The van der Waals surface area contributed by atoms with E-state index in [2.05, 4.69) is 14.6 Å². The standard InChI is InChI=1S/C22H29ClN4O4S/c1-16-14-26(11-12-27(16)21(28)31-22(2,3)4)15-17-5-7-18(8-6-17)25-32(29,30)19-9-10-20(23)24-13-19/h5-10,13,16,25H,11-12,14-15H2,1-4H3/t16-/m0/s1. The van der Waals surface area contributed by atoms with Crippen LogP contribution in [0.1, 0.15) is 33.3 Å². The summed E-state index contributed by atoms with van der Waals surface area (Å²) < 4.78 is 33.0. The van der Waals surface area contributed by atoms with Gasteiger partial charge >= 0.3 is 6.09 Å². The second-order valence-electron chi connectivity index (χ2n) is 8.88. The molecule has 1 aliphatic rings. The van der Waals surface area contributed by atoms with Gasteiger partial charge in [0, 0.05) is 44.1 Å². The number of piperazine rings is 1. The van der Waals surface area contributed by atoms with E-state index in [1.807, 2.05) is 39.8 Å². The molecule has 1 aliphatic heterocycles. The molecule has 3 rings (SSSR count). The Kier molecular flexibility index (Phi) is 7.32. The van der Waals surface area contributed by atoms with Gasteiger partial charge in [-0.3, -0.25) is 9.62 Å². The number of hydrogen-bond donors (Lipinski definition) is 1. The molecule has 32 heavy (non-hydrogen) atoms. The van der Waals surface area contributed by atoms with E-state index in [1.54, 1.807) is 17.0 Å². The quantitative estimate of drug-likeness (QED) is 0.651. The van der Waals surface area contributed by atoms with Gasteiger partial charge < -0.3 is 9.64 Å². The van der Waals surface area contributed by atoms with Crippen molar-refractivity contribution >= 4 is 33.4 Å². The first kappa shape index (κ1) is 24.3. The number of sulfonamides is 1. The van der Waals surface area contributed by atoms with Crippen LogP contribution in [0.2, 0.25) is 5.15 Å². The molecule has 0 aliphatic carbocycles. The molecule has 0 spiro atoms. The lowest BCUT2D eigenvalue weighted by Crippen LogP contribution is -2.54. The van der Waals surface area contributed by atoms with E-state index < -0.39 is 15.6 Å². The molecule has 0 bridgehead atoms. The van der Waals surface area contributed by atoms with Crippen LogP contribution >= 0.6 is 11.6 Å². The number of pyridine rings is 1. The molecule has 0 radical (unpaired) electrons. The number of nitrogens with zero attached hydrogens (tertiary/aromatic N) is 3. The lowest BCUT2D eigenvalue weighted by atomic mass is 10.1. The SMILES string of the molecule is C[C@H]1CN(Cc2ccc(NS(=O)(=O)c3ccc(Cl)nc3)cc2)CCN1C(=O)OC(C)(C)C. The predicted octanol–water partition coefficient (Wildman–Crippen LogP) is 3.98. The van der Waals surface area contributed by atoms with Crippen LogP contribution in [-0.2, 0) is 21.3 Å². The van der Waals surface area contributed by atoms with E-state index in [1.165, 1.54) is 18.3 Å². The molecule has 1 fully saturated rings. The minimum absolute atomic E-state index is 0.0395. The van der Waals surface area contributed by atoms with E-state index in [0.29, 0.717) is 18.8 Å². The predicted molar refractivity (Wildman–Crippen MR) is 124 cm³/mol. The zero-order chi connectivity index (χ0) is 23.5. The molecular formula is C22H29ClN4O4S. The number of halogens is 1. The fourth-order valence-electron chi connectivity index (χ4n) is 3.44. The third-order valence-electron chi connectivity index (χ3n) is 4.96. The average molecular weight is 481 g/mol. The summed E-state index contributed by atoms with van der Waals surface area (Å²) in [6, 6.07) is 10.1. The third kappa shape index (κ3) is 6.57. The monoisotopic (exact) mass is 480 g/mol. The summed E-state index contributed by atoms with van der Waals surface area (Å²) >= 11 is 5.72. The Balaban J connectivity index is 1.56. The van der Waals surface area contributed by atoms with Crippen molar-refractivity contribution in [2.45, 2.75) is 50.8 Å². The maximum Gasteiger partial charge on any atom is 0.410 e. The van der Waals surface area contributed by atoms with Crippen LogP contribution in [0.3, 0.4) is 0 Å². The van der Waals surface area contributed by atoms with Gasteiger partial charge in [0.1, 0.15) is 15.6 Å². The number of rotatable bonds is 5. The molecule has 10 heteroatoms. The number of carbonyl (C=O) groups is 1. The van der Waals surface area contributed by atoms with Crippen LogP contribution in [0.15, 0.2) is 47.5 Å². The molecule has 1 saturated heterocycles. The molecule has 1 aromatic carbocycles. The minimum atomic E-state index is -3.74. The van der Waals surface area contributed by atoms with Gasteiger partial charge in [0.2, 0.25) is 0 Å². The maximum atomic E-state index is 12.5. The normalized spacial score (nSPS) is 17.8. The number of ether oxygens (including phenoxy) is 1. The number of carbonyl (C=O) groups excluding carboxylic acids is 1. The number of anilines is 1. The summed E-state index contributed by atoms with van der Waals surface area (Å²) in [6.45, 7) is 10.4. The second kappa shape index (κ2) is 9.64. The largest absolute Gasteiger partial charge is 0.444 e. The Bertz CT molecular complexity index is 1040. The summed E-state index contributed by atoms with van der Waals surface area (Å²) in [5, 5.41) is 0.231. The van der Waals surface area contributed by atoms with Gasteiger partial charge in [0.25, 0.3) is 10.0 Å². The summed E-state index contributed by atoms with van der Waals surface area (Å²) in [5.41, 5.74) is 1.01. The Morgan fingerprint density at radius 3 is 2.44 bits per heavy atom. The van der Waals surface area contributed by atoms with Crippen molar-refractivity contribution in [2.75, 3.05) is 24.4 Å². The van der Waals surface area contributed by atoms with Crippen LogP contribution in [0, 0.1) is 0 Å². The number of amides is 1. The van der Waals surface area contributed by atoms with Crippen molar-refractivity contribution in [1.82, 2.24) is 14.8 Å². The molecule has 2 aromatic rings. The first-order valence-electron chi connectivity index (χ1n) is 10.4. The van der Waals surface area contributed by atoms with Crippen molar-refractivity contribution in [3.8, 4) is 0 Å². The number of hydrogen-bond acceptors (Lipinski definition) is 6. The lowest BCUT2D eigenvalue weighted by Gasteiger charge is -2.40.